The number of hydrogen-bond acceptors (Lipinski definition) is 5. The van der Waals surface area contributed by atoms with Gasteiger partial charge in [-0.05, 0) is 50.8 Å². The quantitative estimate of drug-likeness (QED) is 0.421. The molecule has 0 radical (unpaired) electrons. The van der Waals surface area contributed by atoms with Gasteiger partial charge in [-0.2, -0.15) is 0 Å². The Morgan fingerprint density at radius 1 is 1.21 bits per heavy atom. The number of amides is 1. The largest absolute Gasteiger partial charge is 0.507 e. The number of pyridine rings is 1. The minimum atomic E-state index is -0.667. The number of rotatable bonds is 6. The van der Waals surface area contributed by atoms with Crippen LogP contribution in [0.15, 0.2) is 58.8 Å². The average Bonchev–Trinajstić information content (AvgIpc) is 2.93. The van der Waals surface area contributed by atoms with Gasteiger partial charge >= 0.3 is 0 Å². The van der Waals surface area contributed by atoms with Gasteiger partial charge in [0, 0.05) is 29.0 Å². The molecule has 1 aliphatic heterocycles. The fraction of sp³-hybridized carbons (Fsp3) is 0.286. The molecule has 0 spiro atoms. The normalized spacial score (nSPS) is 18.9. The van der Waals surface area contributed by atoms with Crippen molar-refractivity contribution in [3.8, 4) is 0 Å². The smallest absolute Gasteiger partial charge is 0.295 e. The van der Waals surface area contributed by atoms with Crippen LogP contribution in [0.25, 0.3) is 5.76 Å². The van der Waals surface area contributed by atoms with E-state index in [0.29, 0.717) is 17.7 Å². The first-order valence-corrected chi connectivity index (χ1v) is 9.78. The average molecular weight is 444 g/mol. The van der Waals surface area contributed by atoms with E-state index in [1.54, 1.807) is 42.7 Å². The lowest BCUT2D eigenvalue weighted by Gasteiger charge is -2.25. The highest BCUT2D eigenvalue weighted by Gasteiger charge is 2.45. The van der Waals surface area contributed by atoms with Crippen LogP contribution in [0.5, 0.6) is 0 Å². The molecule has 1 aromatic carbocycles. The zero-order valence-corrected chi connectivity index (χ0v) is 17.4. The van der Waals surface area contributed by atoms with Crippen LogP contribution in [0.2, 0.25) is 0 Å². The van der Waals surface area contributed by atoms with Crippen LogP contribution in [0, 0.1) is 0 Å². The maximum Gasteiger partial charge on any atom is 0.295 e. The minimum absolute atomic E-state index is 0.102. The van der Waals surface area contributed by atoms with Crippen LogP contribution in [0.4, 0.5) is 0 Å². The highest BCUT2D eigenvalue weighted by Crippen LogP contribution is 2.39. The Morgan fingerprint density at radius 3 is 2.54 bits per heavy atom. The van der Waals surface area contributed by atoms with Crippen molar-refractivity contribution < 1.29 is 14.7 Å². The number of hydrogen-bond donors (Lipinski definition) is 1. The van der Waals surface area contributed by atoms with Gasteiger partial charge in [0.1, 0.15) is 5.76 Å². The van der Waals surface area contributed by atoms with Gasteiger partial charge in [-0.1, -0.05) is 34.1 Å². The van der Waals surface area contributed by atoms with Gasteiger partial charge in [0.05, 0.1) is 11.6 Å². The summed E-state index contributed by atoms with van der Waals surface area (Å²) in [6.07, 6.45) is 3.98. The van der Waals surface area contributed by atoms with Crippen LogP contribution in [0.1, 0.15) is 23.6 Å². The molecule has 0 bridgehead atoms. The number of carbonyl (C=O) groups is 2. The first-order chi connectivity index (χ1) is 13.4. The van der Waals surface area contributed by atoms with Gasteiger partial charge in [-0.3, -0.25) is 14.6 Å². The molecule has 0 saturated carbocycles. The van der Waals surface area contributed by atoms with Gasteiger partial charge in [-0.25, -0.2) is 0 Å². The molecule has 1 amide bonds. The Hall–Kier alpha value is -2.51. The van der Waals surface area contributed by atoms with Crippen molar-refractivity contribution in [3.63, 3.8) is 0 Å². The number of benzene rings is 1. The van der Waals surface area contributed by atoms with Crippen molar-refractivity contribution in [2.24, 2.45) is 0 Å². The highest BCUT2D eigenvalue weighted by atomic mass is 79.9. The summed E-state index contributed by atoms with van der Waals surface area (Å²) < 4.78 is 0.858. The molecule has 0 unspecified atom stereocenters. The van der Waals surface area contributed by atoms with Crippen LogP contribution in [-0.2, 0) is 9.59 Å². The second kappa shape index (κ2) is 8.67. The maximum atomic E-state index is 12.8. The Bertz CT molecular complexity index is 895. The standard InChI is InChI=1S/C21H22BrN3O3/c1-24(2)11-4-12-25-18(15-5-3-10-23-13-15)17(20(27)21(25)28)19(26)14-6-8-16(22)9-7-14/h3,5-10,13,18,26H,4,11-12H2,1-2H3/t18-/m0/s1. The van der Waals surface area contributed by atoms with Crippen molar-refractivity contribution >= 4 is 33.4 Å². The van der Waals surface area contributed by atoms with Gasteiger partial charge in [0.25, 0.3) is 11.7 Å². The van der Waals surface area contributed by atoms with Crippen molar-refractivity contribution in [2.45, 2.75) is 12.5 Å². The van der Waals surface area contributed by atoms with E-state index >= 15 is 0 Å². The number of aliphatic hydroxyl groups excluding tert-OH is 1. The monoisotopic (exact) mass is 443 g/mol. The van der Waals surface area contributed by atoms with Gasteiger partial charge in [0.15, 0.2) is 0 Å². The third-order valence-electron chi connectivity index (χ3n) is 4.66. The fourth-order valence-corrected chi connectivity index (χ4v) is 3.58. The molecule has 2 heterocycles. The number of halogens is 1. The van der Waals surface area contributed by atoms with Crippen molar-refractivity contribution in [1.29, 1.82) is 0 Å². The van der Waals surface area contributed by atoms with E-state index in [9.17, 15) is 14.7 Å². The van der Waals surface area contributed by atoms with E-state index in [0.717, 1.165) is 17.4 Å². The van der Waals surface area contributed by atoms with Crippen molar-refractivity contribution in [1.82, 2.24) is 14.8 Å². The second-order valence-electron chi connectivity index (χ2n) is 6.94. The van der Waals surface area contributed by atoms with Crippen molar-refractivity contribution in [2.75, 3.05) is 27.2 Å². The third kappa shape index (κ3) is 4.15. The van der Waals surface area contributed by atoms with Crippen LogP contribution < -0.4 is 0 Å². The predicted molar refractivity (Wildman–Crippen MR) is 111 cm³/mol. The van der Waals surface area contributed by atoms with Crippen LogP contribution in [0.3, 0.4) is 0 Å². The lowest BCUT2D eigenvalue weighted by molar-refractivity contribution is -0.139. The Labute approximate surface area is 172 Å². The number of Topliss-reactive ketones (excluding diaryl/α,β-unsaturated/α-hetero) is 1. The zero-order chi connectivity index (χ0) is 20.3. The lowest BCUT2D eigenvalue weighted by atomic mass is 9.96. The summed E-state index contributed by atoms with van der Waals surface area (Å²) in [4.78, 5) is 33.3. The number of aromatic nitrogens is 1. The number of nitrogens with zero attached hydrogens (tertiary/aromatic N) is 3. The molecular weight excluding hydrogens is 422 g/mol. The fourth-order valence-electron chi connectivity index (χ4n) is 3.32. The molecule has 1 aliphatic rings. The van der Waals surface area contributed by atoms with E-state index in [4.69, 9.17) is 0 Å². The van der Waals surface area contributed by atoms with Crippen LogP contribution in [-0.4, -0.2) is 58.8 Å². The number of likely N-dealkylation sites (tertiary alicyclic amines) is 1. The summed E-state index contributed by atoms with van der Waals surface area (Å²) in [6, 6.07) is 9.90. The Kier molecular flexibility index (Phi) is 6.26. The van der Waals surface area contributed by atoms with E-state index < -0.39 is 17.7 Å². The zero-order valence-electron chi connectivity index (χ0n) is 15.8. The lowest BCUT2D eigenvalue weighted by Crippen LogP contribution is -2.32. The summed E-state index contributed by atoms with van der Waals surface area (Å²) in [5.74, 6) is -1.43. The first-order valence-electron chi connectivity index (χ1n) is 8.99. The summed E-state index contributed by atoms with van der Waals surface area (Å²) >= 11 is 3.36. The topological polar surface area (TPSA) is 73.7 Å². The first kappa shape index (κ1) is 20.2. The molecule has 28 heavy (non-hydrogen) atoms. The minimum Gasteiger partial charge on any atom is -0.507 e. The summed E-state index contributed by atoms with van der Waals surface area (Å²) in [5, 5.41) is 10.9. The molecule has 7 heteroatoms. The van der Waals surface area contributed by atoms with E-state index in [2.05, 4.69) is 20.9 Å². The van der Waals surface area contributed by atoms with Gasteiger partial charge in [-0.15, -0.1) is 0 Å². The summed E-state index contributed by atoms with van der Waals surface area (Å²) in [6.45, 7) is 1.20. The Morgan fingerprint density at radius 2 is 1.93 bits per heavy atom. The molecule has 1 atom stereocenters. The SMILES string of the molecule is CN(C)CCCN1C(=O)C(=O)C(=C(O)c2ccc(Br)cc2)[C@@H]1c1cccnc1. The molecule has 1 N–H and O–H groups in total. The van der Waals surface area contributed by atoms with Gasteiger partial charge < -0.3 is 14.9 Å². The predicted octanol–water partition coefficient (Wildman–Crippen LogP) is 3.22. The van der Waals surface area contributed by atoms with E-state index in [1.165, 1.54) is 4.90 Å². The molecule has 0 aliphatic carbocycles. The number of ketones is 1. The third-order valence-corrected chi connectivity index (χ3v) is 5.19. The van der Waals surface area contributed by atoms with E-state index in [1.807, 2.05) is 25.1 Å². The molecular formula is C21H22BrN3O3. The molecule has 1 saturated heterocycles. The van der Waals surface area contributed by atoms with Gasteiger partial charge in [0.2, 0.25) is 0 Å². The molecule has 1 aromatic heterocycles. The molecule has 6 nitrogen and oxygen atoms in total. The Balaban J connectivity index is 2.06. The maximum absolute atomic E-state index is 12.8. The van der Waals surface area contributed by atoms with Crippen molar-refractivity contribution in [3.05, 3.63) is 70.0 Å². The highest BCUT2D eigenvalue weighted by molar-refractivity contribution is 9.10. The molecule has 3 rings (SSSR count). The second-order valence-corrected chi connectivity index (χ2v) is 7.86. The number of aliphatic hydroxyl groups is 1. The number of carbonyl (C=O) groups excluding carboxylic acids is 2. The van der Waals surface area contributed by atoms with Crippen LogP contribution >= 0.6 is 15.9 Å². The van der Waals surface area contributed by atoms with E-state index in [-0.39, 0.29) is 11.3 Å². The summed E-state index contributed by atoms with van der Waals surface area (Å²) in [5.41, 5.74) is 1.29. The summed E-state index contributed by atoms with van der Waals surface area (Å²) in [7, 11) is 3.92. The molecule has 2 aromatic rings. The molecule has 1 fully saturated rings. The molecule has 146 valence electrons.